The van der Waals surface area contributed by atoms with Crippen LogP contribution in [0, 0.1) is 0 Å². The Labute approximate surface area is 94.1 Å². The van der Waals surface area contributed by atoms with Crippen molar-refractivity contribution in [3.8, 4) is 0 Å². The summed E-state index contributed by atoms with van der Waals surface area (Å²) in [6, 6.07) is 7.28. The van der Waals surface area contributed by atoms with Crippen molar-refractivity contribution in [2.75, 3.05) is 5.01 Å². The van der Waals surface area contributed by atoms with E-state index in [-0.39, 0.29) is 5.91 Å². The molecule has 0 saturated heterocycles. The van der Waals surface area contributed by atoms with E-state index in [0.717, 1.165) is 17.0 Å². The van der Waals surface area contributed by atoms with E-state index in [9.17, 15) is 4.79 Å². The molecule has 0 unspecified atom stereocenters. The monoisotopic (exact) mass is 215 g/mol. The number of hydrogen-bond acceptors (Lipinski definition) is 3. The molecule has 4 nitrogen and oxygen atoms in total. The second-order valence-electron chi connectivity index (χ2n) is 3.79. The van der Waals surface area contributed by atoms with Crippen LogP contribution in [-0.2, 0) is 4.79 Å². The lowest BCUT2D eigenvalue weighted by Gasteiger charge is -2.12. The fraction of sp³-hybridized carbons (Fsp3) is 0.167. The first kappa shape index (κ1) is 10.4. The van der Waals surface area contributed by atoms with Crippen LogP contribution in [0.1, 0.15) is 18.9 Å². The number of rotatable bonds is 2. The van der Waals surface area contributed by atoms with Gasteiger partial charge in [-0.2, -0.15) is 5.10 Å². The lowest BCUT2D eigenvalue weighted by molar-refractivity contribution is -0.116. The highest BCUT2D eigenvalue weighted by Gasteiger charge is 2.22. The molecule has 2 rings (SSSR count). The number of benzene rings is 1. The molecule has 1 aromatic carbocycles. The zero-order chi connectivity index (χ0) is 11.7. The standard InChI is InChI=1S/C12H13N3O/c1-8-7-12(16)15(14-8)11-5-3-10(4-6-11)9(2)13/h3-6H,2,7,13H2,1H3. The quantitative estimate of drug-likeness (QED) is 0.816. The second-order valence-corrected chi connectivity index (χ2v) is 3.79. The Morgan fingerprint density at radius 1 is 1.44 bits per heavy atom. The maximum atomic E-state index is 11.6. The molecule has 1 aliphatic rings. The van der Waals surface area contributed by atoms with E-state index in [1.54, 1.807) is 0 Å². The molecule has 0 atom stereocenters. The fourth-order valence-electron chi connectivity index (χ4n) is 1.57. The largest absolute Gasteiger partial charge is 0.399 e. The minimum Gasteiger partial charge on any atom is -0.399 e. The average molecular weight is 215 g/mol. The summed E-state index contributed by atoms with van der Waals surface area (Å²) >= 11 is 0. The summed E-state index contributed by atoms with van der Waals surface area (Å²) in [4.78, 5) is 11.6. The normalized spacial score (nSPS) is 15.2. The van der Waals surface area contributed by atoms with Gasteiger partial charge in [0.05, 0.1) is 12.1 Å². The summed E-state index contributed by atoms with van der Waals surface area (Å²) in [6.07, 6.45) is 0.394. The van der Waals surface area contributed by atoms with Crippen molar-refractivity contribution < 1.29 is 4.79 Å². The van der Waals surface area contributed by atoms with E-state index in [1.165, 1.54) is 5.01 Å². The van der Waals surface area contributed by atoms with E-state index in [0.29, 0.717) is 12.1 Å². The van der Waals surface area contributed by atoms with Crippen LogP contribution >= 0.6 is 0 Å². The summed E-state index contributed by atoms with van der Waals surface area (Å²) in [7, 11) is 0. The highest BCUT2D eigenvalue weighted by molar-refractivity contribution is 6.12. The number of nitrogens with zero attached hydrogens (tertiary/aromatic N) is 2. The van der Waals surface area contributed by atoms with Crippen LogP contribution in [0.15, 0.2) is 35.9 Å². The zero-order valence-electron chi connectivity index (χ0n) is 9.10. The number of carbonyl (C=O) groups excluding carboxylic acids is 1. The molecule has 0 aromatic heterocycles. The molecule has 4 heteroatoms. The van der Waals surface area contributed by atoms with Crippen molar-refractivity contribution in [2.45, 2.75) is 13.3 Å². The Hall–Kier alpha value is -2.10. The van der Waals surface area contributed by atoms with Gasteiger partial charge in [0, 0.05) is 11.4 Å². The predicted octanol–water partition coefficient (Wildman–Crippen LogP) is 1.73. The molecular formula is C12H13N3O. The highest BCUT2D eigenvalue weighted by atomic mass is 16.2. The van der Waals surface area contributed by atoms with Gasteiger partial charge in [0.15, 0.2) is 0 Å². The van der Waals surface area contributed by atoms with Gasteiger partial charge >= 0.3 is 0 Å². The molecule has 16 heavy (non-hydrogen) atoms. The molecule has 1 amide bonds. The van der Waals surface area contributed by atoms with Gasteiger partial charge in [-0.05, 0) is 24.6 Å². The summed E-state index contributed by atoms with van der Waals surface area (Å²) in [5.41, 5.74) is 8.52. The van der Waals surface area contributed by atoms with E-state index < -0.39 is 0 Å². The highest BCUT2D eigenvalue weighted by Crippen LogP contribution is 2.21. The minimum atomic E-state index is -0.00294. The second kappa shape index (κ2) is 3.81. The minimum absolute atomic E-state index is 0.00294. The van der Waals surface area contributed by atoms with E-state index in [2.05, 4.69) is 11.7 Å². The summed E-state index contributed by atoms with van der Waals surface area (Å²) in [5.74, 6) is -0.00294. The van der Waals surface area contributed by atoms with Gasteiger partial charge in [-0.15, -0.1) is 0 Å². The Balaban J connectivity index is 2.29. The first-order valence-corrected chi connectivity index (χ1v) is 5.00. The average Bonchev–Trinajstić information content (AvgIpc) is 2.58. The topological polar surface area (TPSA) is 58.7 Å². The SMILES string of the molecule is C=C(N)c1ccc(N2N=C(C)CC2=O)cc1. The summed E-state index contributed by atoms with van der Waals surface area (Å²) in [5, 5.41) is 5.58. The number of nitrogens with two attached hydrogens (primary N) is 1. The Kier molecular flexibility index (Phi) is 2.48. The summed E-state index contributed by atoms with van der Waals surface area (Å²) < 4.78 is 0. The molecule has 0 bridgehead atoms. The van der Waals surface area contributed by atoms with E-state index in [4.69, 9.17) is 5.73 Å². The lowest BCUT2D eigenvalue weighted by atomic mass is 10.1. The third kappa shape index (κ3) is 1.82. The molecule has 0 aliphatic carbocycles. The van der Waals surface area contributed by atoms with Crippen LogP contribution in [-0.4, -0.2) is 11.6 Å². The zero-order valence-corrected chi connectivity index (χ0v) is 9.10. The maximum absolute atomic E-state index is 11.6. The van der Waals surface area contributed by atoms with Gasteiger partial charge in [-0.25, -0.2) is 5.01 Å². The van der Waals surface area contributed by atoms with Crippen molar-refractivity contribution in [1.29, 1.82) is 0 Å². The van der Waals surface area contributed by atoms with Crippen LogP contribution in [0.4, 0.5) is 5.69 Å². The molecule has 1 heterocycles. The molecule has 0 fully saturated rings. The molecular weight excluding hydrogens is 202 g/mol. The maximum Gasteiger partial charge on any atom is 0.253 e. The number of hydrogen-bond donors (Lipinski definition) is 1. The molecule has 82 valence electrons. The first-order chi connectivity index (χ1) is 7.58. The third-order valence-electron chi connectivity index (χ3n) is 2.40. The smallest absolute Gasteiger partial charge is 0.253 e. The van der Waals surface area contributed by atoms with Crippen LogP contribution in [0.2, 0.25) is 0 Å². The molecule has 1 aromatic rings. The van der Waals surface area contributed by atoms with Gasteiger partial charge in [-0.3, -0.25) is 4.79 Å². The molecule has 2 N–H and O–H groups in total. The first-order valence-electron chi connectivity index (χ1n) is 5.00. The van der Waals surface area contributed by atoms with Crippen LogP contribution in [0.3, 0.4) is 0 Å². The number of carbonyl (C=O) groups is 1. The van der Waals surface area contributed by atoms with Gasteiger partial charge < -0.3 is 5.73 Å². The van der Waals surface area contributed by atoms with Crippen LogP contribution in [0.25, 0.3) is 5.70 Å². The number of amides is 1. The fourth-order valence-corrected chi connectivity index (χ4v) is 1.57. The molecule has 0 spiro atoms. The van der Waals surface area contributed by atoms with Crippen molar-refractivity contribution in [3.63, 3.8) is 0 Å². The van der Waals surface area contributed by atoms with Gasteiger partial charge in [0.1, 0.15) is 0 Å². The summed E-state index contributed by atoms with van der Waals surface area (Å²) in [6.45, 7) is 5.49. The number of hydrazone groups is 1. The van der Waals surface area contributed by atoms with Gasteiger partial charge in [0.2, 0.25) is 0 Å². The van der Waals surface area contributed by atoms with Crippen LogP contribution < -0.4 is 10.7 Å². The van der Waals surface area contributed by atoms with Gasteiger partial charge in [-0.1, -0.05) is 18.7 Å². The Morgan fingerprint density at radius 2 is 2.06 bits per heavy atom. The Morgan fingerprint density at radius 3 is 2.50 bits per heavy atom. The van der Waals surface area contributed by atoms with Gasteiger partial charge in [0.25, 0.3) is 5.91 Å². The van der Waals surface area contributed by atoms with Crippen molar-refractivity contribution in [2.24, 2.45) is 10.8 Å². The third-order valence-corrected chi connectivity index (χ3v) is 2.40. The van der Waals surface area contributed by atoms with Crippen LogP contribution in [0.5, 0.6) is 0 Å². The number of anilines is 1. The van der Waals surface area contributed by atoms with E-state index >= 15 is 0 Å². The van der Waals surface area contributed by atoms with Crippen molar-refractivity contribution in [1.82, 2.24) is 0 Å². The van der Waals surface area contributed by atoms with Crippen molar-refractivity contribution >= 4 is 23.0 Å². The van der Waals surface area contributed by atoms with E-state index in [1.807, 2.05) is 31.2 Å². The molecule has 1 aliphatic heterocycles. The lowest BCUT2D eigenvalue weighted by Crippen LogP contribution is -2.19. The van der Waals surface area contributed by atoms with Crippen molar-refractivity contribution in [3.05, 3.63) is 36.4 Å². The molecule has 0 radical (unpaired) electrons. The Bertz CT molecular complexity index is 474. The predicted molar refractivity (Wildman–Crippen MR) is 64.9 cm³/mol. The molecule has 0 saturated carbocycles.